The molecule has 0 unspecified atom stereocenters. The molecule has 4 rings (SSSR count). The molecule has 0 spiro atoms. The number of aromatic amines is 1. The van der Waals surface area contributed by atoms with Crippen LogP contribution in [0.25, 0.3) is 11.0 Å². The van der Waals surface area contributed by atoms with Gasteiger partial charge in [-0.05, 0) is 50.1 Å². The van der Waals surface area contributed by atoms with Crippen LogP contribution in [0.2, 0.25) is 0 Å². The number of H-pyrrole nitrogens is 1. The van der Waals surface area contributed by atoms with Crippen LogP contribution in [0.4, 0.5) is 5.69 Å². The summed E-state index contributed by atoms with van der Waals surface area (Å²) in [4.78, 5) is 32.0. The Kier molecular flexibility index (Phi) is 6.32. The van der Waals surface area contributed by atoms with Crippen molar-refractivity contribution >= 4 is 38.6 Å². The predicted molar refractivity (Wildman–Crippen MR) is 127 cm³/mol. The van der Waals surface area contributed by atoms with E-state index in [1.54, 1.807) is 19.9 Å². The number of fused-ring (bicyclic) bond motifs is 2. The number of nitrogens with zero attached hydrogens (tertiary/aromatic N) is 2. The van der Waals surface area contributed by atoms with Gasteiger partial charge < -0.3 is 20.4 Å². The van der Waals surface area contributed by atoms with Gasteiger partial charge in [-0.15, -0.1) is 0 Å². The number of aromatic nitrogens is 2. The van der Waals surface area contributed by atoms with E-state index in [1.165, 1.54) is 13.1 Å². The summed E-state index contributed by atoms with van der Waals surface area (Å²) in [6.07, 6.45) is -0.244. The fourth-order valence-electron chi connectivity index (χ4n) is 3.75. The highest BCUT2D eigenvalue weighted by atomic mass is 32.2. The Balaban J connectivity index is 1.38. The number of nitrogens with one attached hydrogen (secondary N) is 3. The zero-order chi connectivity index (χ0) is 24.6. The molecule has 1 aromatic heterocycles. The number of anilines is 1. The van der Waals surface area contributed by atoms with Crippen LogP contribution in [0.1, 0.15) is 23.9 Å². The summed E-state index contributed by atoms with van der Waals surface area (Å²) in [5, 5.41) is 5.43. The molecule has 0 aliphatic carbocycles. The number of ether oxygens (including phenoxy) is 1. The Hall–Kier alpha value is -3.44. The van der Waals surface area contributed by atoms with Crippen molar-refractivity contribution in [3.63, 3.8) is 0 Å². The van der Waals surface area contributed by atoms with Gasteiger partial charge in [-0.25, -0.2) is 13.4 Å². The van der Waals surface area contributed by atoms with E-state index in [0.29, 0.717) is 24.2 Å². The lowest BCUT2D eigenvalue weighted by molar-refractivity contribution is -0.123. The predicted octanol–water partition coefficient (Wildman–Crippen LogP) is 1.88. The van der Waals surface area contributed by atoms with Gasteiger partial charge in [0.2, 0.25) is 15.9 Å². The van der Waals surface area contributed by atoms with Crippen LogP contribution >= 0.6 is 0 Å². The average Bonchev–Trinajstić information content (AvgIpc) is 3.16. The number of carbonyl (C=O) groups excluding carboxylic acids is 2. The molecule has 1 aliphatic rings. The van der Waals surface area contributed by atoms with E-state index in [9.17, 15) is 18.0 Å². The van der Waals surface area contributed by atoms with E-state index in [1.807, 2.05) is 25.1 Å². The first-order chi connectivity index (χ1) is 16.0. The van der Waals surface area contributed by atoms with E-state index in [4.69, 9.17) is 4.74 Å². The van der Waals surface area contributed by atoms with Gasteiger partial charge in [-0.3, -0.25) is 9.59 Å². The molecule has 0 saturated heterocycles. The molecular weight excluding hydrogens is 458 g/mol. The number of hydrogen-bond donors (Lipinski definition) is 3. The third-order valence-corrected chi connectivity index (χ3v) is 7.58. The number of rotatable bonds is 7. The first-order valence-electron chi connectivity index (χ1n) is 10.8. The molecule has 2 aromatic carbocycles. The summed E-state index contributed by atoms with van der Waals surface area (Å²) in [7, 11) is -2.62. The smallest absolute Gasteiger partial charge is 0.265 e. The van der Waals surface area contributed by atoms with Crippen LogP contribution in [-0.2, 0) is 26.0 Å². The third kappa shape index (κ3) is 4.75. The van der Waals surface area contributed by atoms with Crippen molar-refractivity contribution in [3.05, 3.63) is 47.3 Å². The third-order valence-electron chi connectivity index (χ3n) is 5.63. The number of benzene rings is 2. The SMILES string of the molecule is Cc1ccc2nc(CCNC(=O)CN(C)S(=O)(=O)c3cc4c(cc3C)NC(=O)[C@@H](C)O4)[nH]c2c1. The highest BCUT2D eigenvalue weighted by molar-refractivity contribution is 7.89. The highest BCUT2D eigenvalue weighted by Crippen LogP contribution is 2.35. The first kappa shape index (κ1) is 23.7. The van der Waals surface area contributed by atoms with Gasteiger partial charge in [-0.2, -0.15) is 4.31 Å². The second-order valence-corrected chi connectivity index (χ2v) is 10.4. The molecule has 0 fully saturated rings. The largest absolute Gasteiger partial charge is 0.479 e. The fourth-order valence-corrected chi connectivity index (χ4v) is 5.09. The van der Waals surface area contributed by atoms with Gasteiger partial charge >= 0.3 is 0 Å². The molecule has 180 valence electrons. The minimum atomic E-state index is -3.97. The molecule has 1 aliphatic heterocycles. The Morgan fingerprint density at radius 1 is 1.24 bits per heavy atom. The molecule has 34 heavy (non-hydrogen) atoms. The van der Waals surface area contributed by atoms with Gasteiger partial charge in [0.05, 0.1) is 28.2 Å². The van der Waals surface area contributed by atoms with Crippen molar-refractivity contribution in [2.45, 2.75) is 38.2 Å². The second kappa shape index (κ2) is 9.07. The van der Waals surface area contributed by atoms with Gasteiger partial charge in [0.15, 0.2) is 6.10 Å². The van der Waals surface area contributed by atoms with E-state index in [-0.39, 0.29) is 23.1 Å². The summed E-state index contributed by atoms with van der Waals surface area (Å²) in [6.45, 7) is 5.18. The number of hydrogen-bond acceptors (Lipinski definition) is 6. The first-order valence-corrected chi connectivity index (χ1v) is 12.3. The minimum Gasteiger partial charge on any atom is -0.479 e. The maximum atomic E-state index is 13.1. The lowest BCUT2D eigenvalue weighted by Crippen LogP contribution is -2.39. The lowest BCUT2D eigenvalue weighted by Gasteiger charge is -2.25. The number of aryl methyl sites for hydroxylation is 2. The number of imidazole rings is 1. The van der Waals surface area contributed by atoms with Crippen LogP contribution in [0, 0.1) is 13.8 Å². The zero-order valence-corrected chi connectivity index (χ0v) is 20.2. The van der Waals surface area contributed by atoms with Gasteiger partial charge in [0, 0.05) is 26.1 Å². The highest BCUT2D eigenvalue weighted by Gasteiger charge is 2.30. The summed E-state index contributed by atoms with van der Waals surface area (Å²) in [5.74, 6) is 0.294. The van der Waals surface area contributed by atoms with Crippen LogP contribution in [0.15, 0.2) is 35.2 Å². The molecular formula is C23H27N5O5S. The molecule has 11 heteroatoms. The molecule has 3 aromatic rings. The molecule has 3 N–H and O–H groups in total. The monoisotopic (exact) mass is 485 g/mol. The Morgan fingerprint density at radius 2 is 2.00 bits per heavy atom. The minimum absolute atomic E-state index is 0.0162. The summed E-state index contributed by atoms with van der Waals surface area (Å²) in [5.41, 5.74) is 3.77. The van der Waals surface area contributed by atoms with E-state index in [2.05, 4.69) is 20.6 Å². The Labute approximate surface area is 197 Å². The molecule has 1 atom stereocenters. The fraction of sp³-hybridized carbons (Fsp3) is 0.348. The van der Waals surface area contributed by atoms with Crippen molar-refractivity contribution in [2.75, 3.05) is 25.5 Å². The average molecular weight is 486 g/mol. The maximum Gasteiger partial charge on any atom is 0.265 e. The zero-order valence-electron chi connectivity index (χ0n) is 19.4. The van der Waals surface area contributed by atoms with E-state index >= 15 is 0 Å². The van der Waals surface area contributed by atoms with Gasteiger partial charge in [0.1, 0.15) is 11.6 Å². The van der Waals surface area contributed by atoms with Gasteiger partial charge in [0.25, 0.3) is 5.91 Å². The summed E-state index contributed by atoms with van der Waals surface area (Å²) >= 11 is 0. The van der Waals surface area contributed by atoms with Crippen LogP contribution < -0.4 is 15.4 Å². The van der Waals surface area contributed by atoms with E-state index in [0.717, 1.165) is 26.7 Å². The van der Waals surface area contributed by atoms with Gasteiger partial charge in [-0.1, -0.05) is 6.07 Å². The van der Waals surface area contributed by atoms with Crippen molar-refractivity contribution in [3.8, 4) is 5.75 Å². The molecule has 0 radical (unpaired) electrons. The van der Waals surface area contributed by atoms with Crippen LogP contribution in [0.3, 0.4) is 0 Å². The molecule has 0 bridgehead atoms. The van der Waals surface area contributed by atoms with Crippen molar-refractivity contribution in [1.29, 1.82) is 0 Å². The Bertz CT molecular complexity index is 1380. The van der Waals surface area contributed by atoms with Crippen molar-refractivity contribution < 1.29 is 22.7 Å². The number of carbonyl (C=O) groups is 2. The number of amides is 2. The maximum absolute atomic E-state index is 13.1. The second-order valence-electron chi connectivity index (χ2n) is 8.43. The molecule has 2 amide bonds. The number of sulfonamides is 1. The molecule has 2 heterocycles. The van der Waals surface area contributed by atoms with Crippen molar-refractivity contribution in [1.82, 2.24) is 19.6 Å². The quantitative estimate of drug-likeness (QED) is 0.468. The van der Waals surface area contributed by atoms with Crippen LogP contribution in [0.5, 0.6) is 5.75 Å². The van der Waals surface area contributed by atoms with Crippen molar-refractivity contribution in [2.24, 2.45) is 0 Å². The summed E-state index contributed by atoms with van der Waals surface area (Å²) in [6, 6.07) is 8.86. The standard InChI is InChI=1S/C23H27N5O5S/c1-13-5-6-16-17(9-13)26-21(25-16)7-8-24-22(29)12-28(4)34(31,32)20-11-19-18(10-14(20)2)27-23(30)15(3)33-19/h5-6,9-11,15H,7-8,12H2,1-4H3,(H,24,29)(H,25,26)(H,27,30)/t15-/m1/s1. The molecule has 10 nitrogen and oxygen atoms in total. The Morgan fingerprint density at radius 3 is 2.76 bits per heavy atom. The van der Waals surface area contributed by atoms with Crippen LogP contribution in [-0.4, -0.2) is 60.7 Å². The molecule has 0 saturated carbocycles. The summed E-state index contributed by atoms with van der Waals surface area (Å²) < 4.78 is 32.8. The lowest BCUT2D eigenvalue weighted by atomic mass is 10.1. The van der Waals surface area contributed by atoms with E-state index < -0.39 is 22.0 Å². The topological polar surface area (TPSA) is 133 Å². The normalized spacial score (nSPS) is 15.7. The number of likely N-dealkylation sites (N-methyl/N-ethyl adjacent to an activating group) is 1.